The predicted octanol–water partition coefficient (Wildman–Crippen LogP) is 4.07. The Labute approximate surface area is 128 Å². The molecule has 0 unspecified atom stereocenters. The Morgan fingerprint density at radius 2 is 1.81 bits per heavy atom. The lowest BCUT2D eigenvalue weighted by Crippen LogP contribution is -2.42. The number of nitrogens with one attached hydrogen (secondary N) is 1. The minimum atomic E-state index is -0.165. The molecule has 0 spiro atoms. The van der Waals surface area contributed by atoms with Crippen molar-refractivity contribution in [2.45, 2.75) is 39.5 Å². The molecule has 0 amide bonds. The van der Waals surface area contributed by atoms with Gasteiger partial charge in [0.1, 0.15) is 5.82 Å². The van der Waals surface area contributed by atoms with Gasteiger partial charge < -0.3 is 10.2 Å². The maximum atomic E-state index is 13.0. The molecule has 1 aliphatic rings. The lowest BCUT2D eigenvalue weighted by Gasteiger charge is -2.35. The Hall–Kier alpha value is -1.09. The largest absolute Gasteiger partial charge is 0.374 e. The van der Waals surface area contributed by atoms with E-state index in [1.807, 2.05) is 12.1 Å². The molecule has 118 valence electrons. The van der Waals surface area contributed by atoms with E-state index in [4.69, 9.17) is 0 Å². The van der Waals surface area contributed by atoms with Crippen LogP contribution in [0.3, 0.4) is 0 Å². The van der Waals surface area contributed by atoms with Crippen LogP contribution in [0.1, 0.15) is 39.5 Å². The fourth-order valence-corrected chi connectivity index (χ4v) is 3.43. The molecule has 0 bridgehead atoms. The Kier molecular flexibility index (Phi) is 5.63. The summed E-state index contributed by atoms with van der Waals surface area (Å²) in [5.41, 5.74) is 1.48. The van der Waals surface area contributed by atoms with Crippen LogP contribution in [0.15, 0.2) is 24.3 Å². The molecule has 1 aromatic carbocycles. The number of hydrogen-bond acceptors (Lipinski definition) is 2. The average Bonchev–Trinajstić information content (AvgIpc) is 2.87. The van der Waals surface area contributed by atoms with Crippen LogP contribution in [0, 0.1) is 17.2 Å². The van der Waals surface area contributed by atoms with Gasteiger partial charge in [-0.15, -0.1) is 0 Å². The maximum Gasteiger partial charge on any atom is 0.123 e. The van der Waals surface area contributed by atoms with Gasteiger partial charge in [0.05, 0.1) is 0 Å². The second-order valence-electron chi connectivity index (χ2n) is 7.06. The van der Waals surface area contributed by atoms with Gasteiger partial charge in [-0.1, -0.05) is 26.7 Å². The summed E-state index contributed by atoms with van der Waals surface area (Å²) in [5.74, 6) is 0.527. The summed E-state index contributed by atoms with van der Waals surface area (Å²) in [4.78, 5) is 2.28. The van der Waals surface area contributed by atoms with Crippen molar-refractivity contribution in [3.63, 3.8) is 0 Å². The van der Waals surface area contributed by atoms with Crippen molar-refractivity contribution in [2.75, 3.05) is 31.6 Å². The fraction of sp³-hybridized carbons (Fsp3) is 0.667. The topological polar surface area (TPSA) is 15.3 Å². The summed E-state index contributed by atoms with van der Waals surface area (Å²) in [7, 11) is 2.12. The molecule has 1 aliphatic carbocycles. The van der Waals surface area contributed by atoms with Crippen molar-refractivity contribution in [1.29, 1.82) is 0 Å². The summed E-state index contributed by atoms with van der Waals surface area (Å²) < 4.78 is 13.0. The Morgan fingerprint density at radius 3 is 2.38 bits per heavy atom. The normalized spacial score (nSPS) is 17.4. The van der Waals surface area contributed by atoms with Crippen molar-refractivity contribution in [1.82, 2.24) is 5.32 Å². The second-order valence-corrected chi connectivity index (χ2v) is 7.06. The first-order valence-electron chi connectivity index (χ1n) is 8.18. The van der Waals surface area contributed by atoms with E-state index in [0.29, 0.717) is 11.3 Å². The zero-order valence-corrected chi connectivity index (χ0v) is 13.7. The third kappa shape index (κ3) is 4.70. The predicted molar refractivity (Wildman–Crippen MR) is 88.3 cm³/mol. The lowest BCUT2D eigenvalue weighted by molar-refractivity contribution is 0.282. The van der Waals surface area contributed by atoms with Crippen LogP contribution in [-0.2, 0) is 0 Å². The van der Waals surface area contributed by atoms with Crippen LogP contribution in [0.25, 0.3) is 0 Å². The third-order valence-corrected chi connectivity index (χ3v) is 4.56. The fourth-order valence-electron chi connectivity index (χ4n) is 3.43. The molecule has 0 saturated heterocycles. The molecule has 1 fully saturated rings. The van der Waals surface area contributed by atoms with E-state index in [2.05, 4.69) is 31.1 Å². The Morgan fingerprint density at radius 1 is 1.19 bits per heavy atom. The molecule has 0 radical (unpaired) electrons. The van der Waals surface area contributed by atoms with Crippen LogP contribution >= 0.6 is 0 Å². The minimum Gasteiger partial charge on any atom is -0.374 e. The van der Waals surface area contributed by atoms with Crippen LogP contribution in [0.2, 0.25) is 0 Å². The molecule has 2 rings (SSSR count). The Bertz CT molecular complexity index is 421. The number of hydrogen-bond donors (Lipinski definition) is 1. The standard InChI is InChI=1S/C18H29FN2/c1-15(2)12-20-13-18(10-4-5-11-18)14-21(3)17-8-6-16(19)7-9-17/h6-9,15,20H,4-5,10-14H2,1-3H3. The summed E-state index contributed by atoms with van der Waals surface area (Å²) in [5, 5.41) is 3.65. The molecule has 0 heterocycles. The molecule has 0 atom stereocenters. The maximum absolute atomic E-state index is 13.0. The van der Waals surface area contributed by atoms with E-state index in [9.17, 15) is 4.39 Å². The SMILES string of the molecule is CC(C)CNCC1(CN(C)c2ccc(F)cc2)CCCC1. The first-order valence-corrected chi connectivity index (χ1v) is 8.18. The van der Waals surface area contributed by atoms with E-state index in [1.165, 1.54) is 25.7 Å². The van der Waals surface area contributed by atoms with Crippen molar-refractivity contribution < 1.29 is 4.39 Å². The number of benzene rings is 1. The van der Waals surface area contributed by atoms with E-state index in [0.717, 1.165) is 25.3 Å². The van der Waals surface area contributed by atoms with Gasteiger partial charge in [0.2, 0.25) is 0 Å². The van der Waals surface area contributed by atoms with Gasteiger partial charge in [0.25, 0.3) is 0 Å². The molecule has 0 aliphatic heterocycles. The van der Waals surface area contributed by atoms with Gasteiger partial charge in [0.15, 0.2) is 0 Å². The monoisotopic (exact) mass is 292 g/mol. The molecule has 3 heteroatoms. The summed E-state index contributed by atoms with van der Waals surface area (Å²) >= 11 is 0. The zero-order valence-electron chi connectivity index (χ0n) is 13.7. The number of nitrogens with zero attached hydrogens (tertiary/aromatic N) is 1. The van der Waals surface area contributed by atoms with Gasteiger partial charge in [-0.05, 0) is 49.6 Å². The van der Waals surface area contributed by atoms with Crippen molar-refractivity contribution in [2.24, 2.45) is 11.3 Å². The quantitative estimate of drug-likeness (QED) is 0.815. The second kappa shape index (κ2) is 7.26. The van der Waals surface area contributed by atoms with Crippen molar-refractivity contribution >= 4 is 5.69 Å². The molecular formula is C18H29FN2. The van der Waals surface area contributed by atoms with Crippen LogP contribution < -0.4 is 10.2 Å². The third-order valence-electron chi connectivity index (χ3n) is 4.56. The highest BCUT2D eigenvalue weighted by Crippen LogP contribution is 2.38. The van der Waals surface area contributed by atoms with Gasteiger partial charge in [-0.3, -0.25) is 0 Å². The van der Waals surface area contributed by atoms with Crippen LogP contribution in [0.4, 0.5) is 10.1 Å². The van der Waals surface area contributed by atoms with Gasteiger partial charge in [-0.2, -0.15) is 0 Å². The average molecular weight is 292 g/mol. The van der Waals surface area contributed by atoms with E-state index in [-0.39, 0.29) is 5.82 Å². The highest BCUT2D eigenvalue weighted by molar-refractivity contribution is 5.45. The van der Waals surface area contributed by atoms with Crippen molar-refractivity contribution in [3.05, 3.63) is 30.1 Å². The highest BCUT2D eigenvalue weighted by Gasteiger charge is 2.34. The molecular weight excluding hydrogens is 263 g/mol. The first kappa shape index (κ1) is 16.3. The van der Waals surface area contributed by atoms with Crippen LogP contribution in [-0.4, -0.2) is 26.7 Å². The molecule has 2 nitrogen and oxygen atoms in total. The van der Waals surface area contributed by atoms with E-state index in [1.54, 1.807) is 12.1 Å². The van der Waals surface area contributed by atoms with Gasteiger partial charge in [-0.25, -0.2) is 4.39 Å². The highest BCUT2D eigenvalue weighted by atomic mass is 19.1. The van der Waals surface area contributed by atoms with Crippen molar-refractivity contribution in [3.8, 4) is 0 Å². The number of anilines is 1. The zero-order chi connectivity index (χ0) is 15.3. The summed E-state index contributed by atoms with van der Waals surface area (Å²) in [6.45, 7) is 7.72. The molecule has 1 saturated carbocycles. The van der Waals surface area contributed by atoms with Gasteiger partial charge >= 0.3 is 0 Å². The van der Waals surface area contributed by atoms with Gasteiger partial charge in [0, 0.05) is 31.2 Å². The number of halogens is 1. The summed E-state index contributed by atoms with van der Waals surface area (Å²) in [6.07, 6.45) is 5.26. The number of rotatable bonds is 7. The Balaban J connectivity index is 1.96. The minimum absolute atomic E-state index is 0.165. The lowest BCUT2D eigenvalue weighted by atomic mass is 9.85. The van der Waals surface area contributed by atoms with E-state index < -0.39 is 0 Å². The van der Waals surface area contributed by atoms with Crippen LogP contribution in [0.5, 0.6) is 0 Å². The first-order chi connectivity index (χ1) is 10.0. The molecule has 21 heavy (non-hydrogen) atoms. The summed E-state index contributed by atoms with van der Waals surface area (Å²) in [6, 6.07) is 6.84. The molecule has 1 aromatic rings. The van der Waals surface area contributed by atoms with E-state index >= 15 is 0 Å². The molecule has 0 aromatic heterocycles. The molecule has 1 N–H and O–H groups in total. The smallest absolute Gasteiger partial charge is 0.123 e.